The van der Waals surface area contributed by atoms with E-state index in [0.717, 1.165) is 22.6 Å². The van der Waals surface area contributed by atoms with E-state index in [1.807, 2.05) is 26.0 Å². The molecule has 0 atom stereocenters. The van der Waals surface area contributed by atoms with Crippen molar-refractivity contribution in [3.05, 3.63) is 57.3 Å². The Hall–Kier alpha value is -2.71. The molecular formula is C19H19ClN4O3S. The number of thiazole rings is 1. The molecule has 1 N–H and O–H groups in total. The zero-order valence-electron chi connectivity index (χ0n) is 15.7. The Bertz CT molecular complexity index is 1010. The van der Waals surface area contributed by atoms with Crippen LogP contribution in [0.4, 0.5) is 5.13 Å². The third-order valence-corrected chi connectivity index (χ3v) is 5.26. The molecule has 146 valence electrons. The van der Waals surface area contributed by atoms with Crippen molar-refractivity contribution < 1.29 is 14.3 Å². The van der Waals surface area contributed by atoms with Gasteiger partial charge >= 0.3 is 5.97 Å². The third-order valence-electron chi connectivity index (χ3n) is 4.20. The molecule has 0 aliphatic rings. The summed E-state index contributed by atoms with van der Waals surface area (Å²) in [5.41, 5.74) is 3.98. The average Bonchev–Trinajstić information content (AvgIpc) is 3.21. The van der Waals surface area contributed by atoms with Crippen molar-refractivity contribution in [1.29, 1.82) is 0 Å². The van der Waals surface area contributed by atoms with E-state index in [9.17, 15) is 9.59 Å². The van der Waals surface area contributed by atoms with Crippen LogP contribution in [0.3, 0.4) is 0 Å². The van der Waals surface area contributed by atoms with Crippen LogP contribution in [0.25, 0.3) is 5.69 Å². The van der Waals surface area contributed by atoms with Crippen LogP contribution in [0.1, 0.15) is 22.6 Å². The number of esters is 1. The van der Waals surface area contributed by atoms with Crippen molar-refractivity contribution in [2.45, 2.75) is 26.7 Å². The molecule has 0 unspecified atom stereocenters. The fraction of sp³-hybridized carbons (Fsp3) is 0.263. The van der Waals surface area contributed by atoms with Crippen LogP contribution in [0.5, 0.6) is 0 Å². The van der Waals surface area contributed by atoms with Crippen LogP contribution in [-0.4, -0.2) is 33.8 Å². The Labute approximate surface area is 171 Å². The minimum atomic E-state index is -0.371. The van der Waals surface area contributed by atoms with Gasteiger partial charge in [-0.15, -0.1) is 11.3 Å². The molecule has 2 heterocycles. The number of rotatable bonds is 6. The molecule has 2 aromatic heterocycles. The molecule has 7 nitrogen and oxygen atoms in total. The van der Waals surface area contributed by atoms with Gasteiger partial charge in [-0.05, 0) is 38.1 Å². The lowest BCUT2D eigenvalue weighted by atomic mass is 10.1. The van der Waals surface area contributed by atoms with E-state index in [-0.39, 0.29) is 24.7 Å². The first-order chi connectivity index (χ1) is 13.4. The number of benzene rings is 1. The van der Waals surface area contributed by atoms with E-state index in [4.69, 9.17) is 11.6 Å². The molecule has 0 aliphatic heterocycles. The molecule has 0 bridgehead atoms. The molecule has 0 saturated carbocycles. The lowest BCUT2D eigenvalue weighted by molar-refractivity contribution is -0.139. The van der Waals surface area contributed by atoms with Gasteiger partial charge in [0, 0.05) is 21.7 Å². The maximum absolute atomic E-state index is 12.5. The van der Waals surface area contributed by atoms with Gasteiger partial charge < -0.3 is 10.1 Å². The molecule has 1 aromatic carbocycles. The summed E-state index contributed by atoms with van der Waals surface area (Å²) in [7, 11) is 1.33. The number of hydrogen-bond acceptors (Lipinski definition) is 6. The van der Waals surface area contributed by atoms with Crippen LogP contribution in [0, 0.1) is 13.8 Å². The SMILES string of the molecule is COC(=O)Cc1csc(NC(=O)Cc2c(C)nn(-c3ccc(Cl)cc3)c2C)n1. The number of carbonyl (C=O) groups is 2. The number of hydrogen-bond donors (Lipinski definition) is 1. The molecular weight excluding hydrogens is 400 g/mol. The molecule has 3 aromatic rings. The van der Waals surface area contributed by atoms with Gasteiger partial charge in [-0.2, -0.15) is 5.10 Å². The second-order valence-electron chi connectivity index (χ2n) is 6.16. The van der Waals surface area contributed by atoms with Crippen molar-refractivity contribution in [2.24, 2.45) is 0 Å². The first-order valence-corrected chi connectivity index (χ1v) is 9.75. The zero-order valence-corrected chi connectivity index (χ0v) is 17.2. The topological polar surface area (TPSA) is 86.1 Å². The number of ether oxygens (including phenoxy) is 1. The molecule has 9 heteroatoms. The summed E-state index contributed by atoms with van der Waals surface area (Å²) < 4.78 is 6.41. The van der Waals surface area contributed by atoms with E-state index in [1.54, 1.807) is 22.2 Å². The molecule has 0 radical (unpaired) electrons. The van der Waals surface area contributed by atoms with Gasteiger partial charge in [-0.3, -0.25) is 9.59 Å². The number of carbonyl (C=O) groups excluding carboxylic acids is 2. The van der Waals surface area contributed by atoms with Crippen LogP contribution in [0.2, 0.25) is 5.02 Å². The van der Waals surface area contributed by atoms with E-state index in [0.29, 0.717) is 15.8 Å². The maximum atomic E-state index is 12.5. The Balaban J connectivity index is 1.71. The second-order valence-corrected chi connectivity index (χ2v) is 7.45. The molecule has 0 saturated heterocycles. The predicted molar refractivity (Wildman–Crippen MR) is 108 cm³/mol. The van der Waals surface area contributed by atoms with Gasteiger partial charge in [0.05, 0.1) is 37.0 Å². The largest absolute Gasteiger partial charge is 0.469 e. The lowest BCUT2D eigenvalue weighted by Crippen LogP contribution is -2.15. The van der Waals surface area contributed by atoms with Crippen LogP contribution < -0.4 is 5.32 Å². The molecule has 3 rings (SSSR count). The van der Waals surface area contributed by atoms with Crippen molar-refractivity contribution in [1.82, 2.24) is 14.8 Å². The highest BCUT2D eigenvalue weighted by Crippen LogP contribution is 2.21. The first-order valence-electron chi connectivity index (χ1n) is 8.49. The lowest BCUT2D eigenvalue weighted by Gasteiger charge is -2.06. The Morgan fingerprint density at radius 3 is 2.61 bits per heavy atom. The Kier molecular flexibility index (Phi) is 6.11. The van der Waals surface area contributed by atoms with E-state index < -0.39 is 0 Å². The maximum Gasteiger partial charge on any atom is 0.311 e. The monoisotopic (exact) mass is 418 g/mol. The second kappa shape index (κ2) is 8.53. The summed E-state index contributed by atoms with van der Waals surface area (Å²) in [6, 6.07) is 7.36. The highest BCUT2D eigenvalue weighted by Gasteiger charge is 2.17. The number of methoxy groups -OCH3 is 1. The highest BCUT2D eigenvalue weighted by atomic mass is 35.5. The van der Waals surface area contributed by atoms with Gasteiger partial charge in [-0.25, -0.2) is 9.67 Å². The van der Waals surface area contributed by atoms with E-state index >= 15 is 0 Å². The summed E-state index contributed by atoms with van der Waals surface area (Å²) >= 11 is 7.21. The van der Waals surface area contributed by atoms with Gasteiger partial charge in [0.25, 0.3) is 0 Å². The molecule has 28 heavy (non-hydrogen) atoms. The Morgan fingerprint density at radius 2 is 1.93 bits per heavy atom. The van der Waals surface area contributed by atoms with E-state index in [1.165, 1.54) is 18.4 Å². The highest BCUT2D eigenvalue weighted by molar-refractivity contribution is 7.13. The van der Waals surface area contributed by atoms with Crippen molar-refractivity contribution in [3.63, 3.8) is 0 Å². The fourth-order valence-electron chi connectivity index (χ4n) is 2.75. The van der Waals surface area contributed by atoms with Gasteiger partial charge in [-0.1, -0.05) is 11.6 Å². The first kappa shape index (κ1) is 20.0. The molecule has 0 fully saturated rings. The van der Waals surface area contributed by atoms with Crippen molar-refractivity contribution in [3.8, 4) is 5.69 Å². The summed E-state index contributed by atoms with van der Waals surface area (Å²) in [5.74, 6) is -0.565. The van der Waals surface area contributed by atoms with Gasteiger partial charge in [0.1, 0.15) is 0 Å². The zero-order chi connectivity index (χ0) is 20.3. The van der Waals surface area contributed by atoms with Gasteiger partial charge in [0.2, 0.25) is 5.91 Å². The summed E-state index contributed by atoms with van der Waals surface area (Å²) in [6.45, 7) is 3.80. The summed E-state index contributed by atoms with van der Waals surface area (Å²) in [4.78, 5) is 28.0. The smallest absolute Gasteiger partial charge is 0.311 e. The fourth-order valence-corrected chi connectivity index (χ4v) is 3.61. The molecule has 0 aliphatic carbocycles. The normalized spacial score (nSPS) is 10.7. The summed E-state index contributed by atoms with van der Waals surface area (Å²) in [6.07, 6.45) is 0.256. The van der Waals surface area contributed by atoms with Crippen molar-refractivity contribution >= 4 is 39.9 Å². The van der Waals surface area contributed by atoms with Crippen LogP contribution in [0.15, 0.2) is 29.6 Å². The average molecular weight is 419 g/mol. The van der Waals surface area contributed by atoms with E-state index in [2.05, 4.69) is 20.1 Å². The minimum Gasteiger partial charge on any atom is -0.469 e. The number of nitrogens with one attached hydrogen (secondary N) is 1. The minimum absolute atomic E-state index is 0.0783. The molecule has 1 amide bonds. The van der Waals surface area contributed by atoms with Crippen LogP contribution >= 0.6 is 22.9 Å². The van der Waals surface area contributed by atoms with Crippen molar-refractivity contribution in [2.75, 3.05) is 12.4 Å². The number of nitrogens with zero attached hydrogens (tertiary/aromatic N) is 3. The molecule has 0 spiro atoms. The predicted octanol–water partition coefficient (Wildman–Crippen LogP) is 3.50. The number of aryl methyl sites for hydroxylation is 1. The number of amides is 1. The number of halogens is 1. The third kappa shape index (κ3) is 4.58. The van der Waals surface area contributed by atoms with Gasteiger partial charge in [0.15, 0.2) is 5.13 Å². The Morgan fingerprint density at radius 1 is 1.21 bits per heavy atom. The summed E-state index contributed by atoms with van der Waals surface area (Å²) in [5, 5.41) is 10.1. The number of aromatic nitrogens is 3. The standard InChI is InChI=1S/C19H19ClN4O3S/c1-11-16(12(2)24(23-11)15-6-4-13(20)5-7-15)9-17(25)22-19-21-14(10-28-19)8-18(26)27-3/h4-7,10H,8-9H2,1-3H3,(H,21,22,25). The number of anilines is 1. The quantitative estimate of drug-likeness (QED) is 0.619. The van der Waals surface area contributed by atoms with Crippen LogP contribution in [-0.2, 0) is 27.2 Å².